The van der Waals surface area contributed by atoms with E-state index < -0.39 is 7.14 Å². The fraction of sp³-hybridized carbons (Fsp3) is 0.400. The fourth-order valence-corrected chi connectivity index (χ4v) is 2.19. The summed E-state index contributed by atoms with van der Waals surface area (Å²) >= 11 is 0. The Balaban J connectivity index is 2.83. The summed E-state index contributed by atoms with van der Waals surface area (Å²) in [5.41, 5.74) is 9.20. The zero-order valence-corrected chi connectivity index (χ0v) is 9.82. The van der Waals surface area contributed by atoms with E-state index in [2.05, 4.69) is 10.0 Å². The van der Waals surface area contributed by atoms with E-state index in [1.165, 1.54) is 0 Å². The Morgan fingerprint density at radius 2 is 2.20 bits per heavy atom. The van der Waals surface area contributed by atoms with Crippen molar-refractivity contribution in [3.05, 3.63) is 40.3 Å². The number of rotatable bonds is 4. The van der Waals surface area contributed by atoms with Gasteiger partial charge >= 0.3 is 0 Å². The van der Waals surface area contributed by atoms with Gasteiger partial charge in [0.15, 0.2) is 0 Å². The van der Waals surface area contributed by atoms with Gasteiger partial charge in [0.2, 0.25) is 0 Å². The summed E-state index contributed by atoms with van der Waals surface area (Å²) in [5.74, 6) is 0. The first-order valence-corrected chi connectivity index (χ1v) is 7.29. The maximum Gasteiger partial charge on any atom is 0.109 e. The number of nitrogens with zero attached hydrogens (tertiary/aromatic N) is 3. The van der Waals surface area contributed by atoms with Crippen molar-refractivity contribution in [1.29, 1.82) is 0 Å². The van der Waals surface area contributed by atoms with Crippen LogP contribution in [0.4, 0.5) is 0 Å². The van der Waals surface area contributed by atoms with Crippen LogP contribution in [-0.2, 0) is 11.0 Å². The molecule has 0 radical (unpaired) electrons. The highest BCUT2D eigenvalue weighted by atomic mass is 31.2. The van der Waals surface area contributed by atoms with E-state index in [4.69, 9.17) is 5.53 Å². The molecule has 0 aliphatic rings. The van der Waals surface area contributed by atoms with E-state index >= 15 is 0 Å². The van der Waals surface area contributed by atoms with E-state index in [0.717, 1.165) is 10.9 Å². The van der Waals surface area contributed by atoms with Crippen LogP contribution in [0.5, 0.6) is 0 Å². The SMILES string of the molecule is CP(C)(=O)c1cccc(CCN=[N+]=[N-])c1. The number of azide groups is 1. The summed E-state index contributed by atoms with van der Waals surface area (Å²) in [5, 5.41) is 4.35. The van der Waals surface area contributed by atoms with Gasteiger partial charge in [-0.15, -0.1) is 0 Å². The van der Waals surface area contributed by atoms with E-state index in [9.17, 15) is 4.57 Å². The van der Waals surface area contributed by atoms with Crippen LogP contribution in [0.1, 0.15) is 5.56 Å². The molecule has 1 aromatic carbocycles. The molecule has 15 heavy (non-hydrogen) atoms. The van der Waals surface area contributed by atoms with Crippen molar-refractivity contribution in [1.82, 2.24) is 0 Å². The van der Waals surface area contributed by atoms with Crippen LogP contribution in [0.25, 0.3) is 10.4 Å². The monoisotopic (exact) mass is 223 g/mol. The Morgan fingerprint density at radius 3 is 2.80 bits per heavy atom. The lowest BCUT2D eigenvalue weighted by Crippen LogP contribution is -2.04. The maximum absolute atomic E-state index is 11.8. The van der Waals surface area contributed by atoms with Crippen LogP contribution in [0.15, 0.2) is 29.4 Å². The Morgan fingerprint density at radius 1 is 1.47 bits per heavy atom. The molecular weight excluding hydrogens is 209 g/mol. The van der Waals surface area contributed by atoms with Crippen molar-refractivity contribution in [2.24, 2.45) is 5.11 Å². The number of hydrogen-bond donors (Lipinski definition) is 0. The summed E-state index contributed by atoms with van der Waals surface area (Å²) < 4.78 is 11.8. The van der Waals surface area contributed by atoms with Crippen LogP contribution in [0, 0.1) is 0 Å². The molecule has 0 aliphatic heterocycles. The summed E-state index contributed by atoms with van der Waals surface area (Å²) in [6.45, 7) is 3.94. The predicted molar refractivity (Wildman–Crippen MR) is 63.2 cm³/mol. The molecule has 0 amide bonds. The molecule has 0 aromatic heterocycles. The Hall–Kier alpha value is -1.24. The highest BCUT2D eigenvalue weighted by molar-refractivity contribution is 7.70. The molecule has 4 nitrogen and oxygen atoms in total. The zero-order chi connectivity index (χ0) is 11.3. The van der Waals surface area contributed by atoms with Crippen LogP contribution in [-0.4, -0.2) is 19.9 Å². The van der Waals surface area contributed by atoms with Gasteiger partial charge in [-0.25, -0.2) is 0 Å². The Kier molecular flexibility index (Phi) is 3.96. The minimum absolute atomic E-state index is 0.442. The van der Waals surface area contributed by atoms with Crippen molar-refractivity contribution in [3.8, 4) is 0 Å². The average Bonchev–Trinajstić information content (AvgIpc) is 2.17. The van der Waals surface area contributed by atoms with Gasteiger partial charge < -0.3 is 4.57 Å². The van der Waals surface area contributed by atoms with Gasteiger partial charge in [0.25, 0.3) is 0 Å². The number of benzene rings is 1. The third-order valence-corrected chi connectivity index (χ3v) is 3.62. The quantitative estimate of drug-likeness (QED) is 0.335. The van der Waals surface area contributed by atoms with Crippen molar-refractivity contribution < 1.29 is 4.57 Å². The van der Waals surface area contributed by atoms with E-state index in [1.807, 2.05) is 24.3 Å². The molecule has 0 unspecified atom stereocenters. The average molecular weight is 223 g/mol. The minimum Gasteiger partial charge on any atom is -0.319 e. The molecule has 80 valence electrons. The first-order valence-electron chi connectivity index (χ1n) is 4.69. The molecule has 0 fully saturated rings. The second-order valence-corrected chi connectivity index (χ2v) is 6.94. The molecule has 0 heterocycles. The second kappa shape index (κ2) is 5.01. The normalized spacial score (nSPS) is 10.8. The molecule has 1 rings (SSSR count). The van der Waals surface area contributed by atoms with Crippen molar-refractivity contribution in [3.63, 3.8) is 0 Å². The molecule has 0 saturated carbocycles. The topological polar surface area (TPSA) is 65.8 Å². The second-order valence-electron chi connectivity index (χ2n) is 3.73. The Bertz CT molecular complexity index is 432. The molecule has 0 saturated heterocycles. The first-order chi connectivity index (χ1) is 7.04. The fourth-order valence-electron chi connectivity index (χ4n) is 1.27. The van der Waals surface area contributed by atoms with Crippen LogP contribution in [0.3, 0.4) is 0 Å². The van der Waals surface area contributed by atoms with Gasteiger partial charge in [0.05, 0.1) is 0 Å². The van der Waals surface area contributed by atoms with Crippen LogP contribution < -0.4 is 5.30 Å². The van der Waals surface area contributed by atoms with Crippen LogP contribution in [0.2, 0.25) is 0 Å². The first kappa shape index (κ1) is 11.8. The zero-order valence-electron chi connectivity index (χ0n) is 8.92. The number of hydrogen-bond acceptors (Lipinski definition) is 2. The third-order valence-electron chi connectivity index (χ3n) is 2.10. The van der Waals surface area contributed by atoms with Crippen molar-refractivity contribution in [2.45, 2.75) is 6.42 Å². The predicted octanol–water partition coefficient (Wildman–Crippen LogP) is 2.79. The Labute approximate surface area is 89.3 Å². The molecular formula is C10H14N3OP. The molecule has 5 heteroatoms. The highest BCUT2D eigenvalue weighted by Gasteiger charge is 2.10. The third kappa shape index (κ3) is 3.78. The standard InChI is InChI=1S/C10H14N3OP/c1-15(2,14)10-5-3-4-9(8-10)6-7-12-13-11/h3-5,8H,6-7H2,1-2H3. The summed E-state index contributed by atoms with van der Waals surface area (Å²) in [6, 6.07) is 7.64. The largest absolute Gasteiger partial charge is 0.319 e. The van der Waals surface area contributed by atoms with Crippen molar-refractivity contribution >= 4 is 12.4 Å². The van der Waals surface area contributed by atoms with Gasteiger partial charge in [-0.3, -0.25) is 0 Å². The summed E-state index contributed by atoms with van der Waals surface area (Å²) in [6.07, 6.45) is 0.692. The van der Waals surface area contributed by atoms with Gasteiger partial charge in [-0.2, -0.15) is 0 Å². The van der Waals surface area contributed by atoms with Crippen LogP contribution >= 0.6 is 7.14 Å². The minimum atomic E-state index is -2.19. The van der Waals surface area contributed by atoms with Crippen molar-refractivity contribution in [2.75, 3.05) is 19.9 Å². The van der Waals surface area contributed by atoms with Gasteiger partial charge in [0.1, 0.15) is 7.14 Å². The van der Waals surface area contributed by atoms with E-state index in [-0.39, 0.29) is 0 Å². The summed E-state index contributed by atoms with van der Waals surface area (Å²) in [4.78, 5) is 2.69. The lowest BCUT2D eigenvalue weighted by molar-refractivity contribution is 0.588. The lowest BCUT2D eigenvalue weighted by atomic mass is 10.1. The van der Waals surface area contributed by atoms with E-state index in [1.54, 1.807) is 13.3 Å². The molecule has 0 atom stereocenters. The molecule has 0 spiro atoms. The van der Waals surface area contributed by atoms with Gasteiger partial charge in [-0.1, -0.05) is 23.3 Å². The van der Waals surface area contributed by atoms with E-state index in [0.29, 0.717) is 13.0 Å². The molecule has 0 aliphatic carbocycles. The molecule has 1 aromatic rings. The summed E-state index contributed by atoms with van der Waals surface area (Å²) in [7, 11) is -2.19. The highest BCUT2D eigenvalue weighted by Crippen LogP contribution is 2.34. The smallest absolute Gasteiger partial charge is 0.109 e. The van der Waals surface area contributed by atoms with Gasteiger partial charge in [-0.05, 0) is 36.9 Å². The van der Waals surface area contributed by atoms with Gasteiger partial charge in [0, 0.05) is 16.8 Å². The molecule has 0 bridgehead atoms. The maximum atomic E-state index is 11.8. The molecule has 0 N–H and O–H groups in total. The lowest BCUT2D eigenvalue weighted by Gasteiger charge is -2.08.